The molecule has 0 amide bonds. The fourth-order valence-corrected chi connectivity index (χ4v) is 2.80. The largest absolute Gasteiger partial charge is 0.493 e. The van der Waals surface area contributed by atoms with Gasteiger partial charge in [-0.2, -0.15) is 0 Å². The molecule has 2 aromatic carbocycles. The van der Waals surface area contributed by atoms with E-state index in [9.17, 15) is 0 Å². The van der Waals surface area contributed by atoms with Crippen molar-refractivity contribution in [2.24, 2.45) is 5.16 Å². The molecule has 0 aromatic heterocycles. The van der Waals surface area contributed by atoms with Crippen LogP contribution in [0.25, 0.3) is 0 Å². The van der Waals surface area contributed by atoms with Crippen molar-refractivity contribution in [3.8, 4) is 17.2 Å². The van der Waals surface area contributed by atoms with E-state index >= 15 is 0 Å². The quantitative estimate of drug-likeness (QED) is 0.192. The van der Waals surface area contributed by atoms with Gasteiger partial charge in [-0.05, 0) is 35.9 Å². The van der Waals surface area contributed by atoms with E-state index in [4.69, 9.17) is 65.8 Å². The third-order valence-electron chi connectivity index (χ3n) is 3.35. The van der Waals surface area contributed by atoms with Gasteiger partial charge in [-0.1, -0.05) is 51.6 Å². The minimum absolute atomic E-state index is 0.120. The van der Waals surface area contributed by atoms with Crippen molar-refractivity contribution in [3.63, 3.8) is 0 Å². The van der Waals surface area contributed by atoms with Crippen molar-refractivity contribution >= 4 is 52.6 Å². The second-order valence-electron chi connectivity index (χ2n) is 5.38. The minimum atomic E-state index is 0.120. The van der Waals surface area contributed by atoms with Crippen molar-refractivity contribution in [2.75, 3.05) is 19.8 Å². The number of oxime groups is 1. The zero-order valence-electron chi connectivity index (χ0n) is 14.6. The Morgan fingerprint density at radius 1 is 0.929 bits per heavy atom. The summed E-state index contributed by atoms with van der Waals surface area (Å²) in [6.07, 6.45) is 3.47. The normalized spacial score (nSPS) is 10.7. The van der Waals surface area contributed by atoms with Gasteiger partial charge in [0, 0.05) is 18.6 Å². The van der Waals surface area contributed by atoms with E-state index in [2.05, 4.69) is 5.16 Å². The van der Waals surface area contributed by atoms with E-state index in [1.165, 1.54) is 12.3 Å². The Labute approximate surface area is 183 Å². The maximum absolute atomic E-state index is 8.48. The average molecular weight is 465 g/mol. The van der Waals surface area contributed by atoms with Gasteiger partial charge in [0.2, 0.25) is 0 Å². The van der Waals surface area contributed by atoms with Gasteiger partial charge < -0.3 is 19.4 Å². The molecule has 0 fully saturated rings. The summed E-state index contributed by atoms with van der Waals surface area (Å²) in [4.78, 5) is 0. The Morgan fingerprint density at radius 3 is 2.18 bits per heavy atom. The molecule has 0 saturated carbocycles. The van der Waals surface area contributed by atoms with Crippen LogP contribution in [0.5, 0.6) is 17.2 Å². The predicted molar refractivity (Wildman–Crippen MR) is 113 cm³/mol. The first kappa shape index (κ1) is 22.5. The molecule has 5 nitrogen and oxygen atoms in total. The van der Waals surface area contributed by atoms with Gasteiger partial charge in [-0.3, -0.25) is 0 Å². The van der Waals surface area contributed by atoms with E-state index in [1.54, 1.807) is 36.4 Å². The van der Waals surface area contributed by atoms with Crippen LogP contribution in [0.3, 0.4) is 0 Å². The SMILES string of the molecule is O/N=C/c1ccc(OCCCOc2c(Cl)cc(OCC=C(Cl)Cl)cc2Cl)cc1. The average Bonchev–Trinajstić information content (AvgIpc) is 2.64. The molecular formula is C19H17Cl4NO4. The molecule has 0 aliphatic heterocycles. The fraction of sp³-hybridized carbons (Fsp3) is 0.211. The lowest BCUT2D eigenvalue weighted by Crippen LogP contribution is -2.05. The molecule has 9 heteroatoms. The lowest BCUT2D eigenvalue weighted by molar-refractivity contribution is 0.247. The molecule has 1 N–H and O–H groups in total. The summed E-state index contributed by atoms with van der Waals surface area (Å²) in [6.45, 7) is 1.02. The van der Waals surface area contributed by atoms with Crippen molar-refractivity contribution < 1.29 is 19.4 Å². The van der Waals surface area contributed by atoms with Gasteiger partial charge in [0.15, 0.2) is 5.75 Å². The van der Waals surface area contributed by atoms with Crippen LogP contribution in [0.4, 0.5) is 0 Å². The topological polar surface area (TPSA) is 60.3 Å². The van der Waals surface area contributed by atoms with Crippen LogP contribution >= 0.6 is 46.4 Å². The Kier molecular flexibility index (Phi) is 9.58. The van der Waals surface area contributed by atoms with Crippen molar-refractivity contribution in [1.29, 1.82) is 0 Å². The molecule has 0 aliphatic rings. The molecule has 28 heavy (non-hydrogen) atoms. The van der Waals surface area contributed by atoms with Crippen molar-refractivity contribution in [3.05, 3.63) is 62.6 Å². The van der Waals surface area contributed by atoms with E-state index in [0.717, 1.165) is 5.56 Å². The second kappa shape index (κ2) is 11.9. The number of halogens is 4. The van der Waals surface area contributed by atoms with Crippen LogP contribution in [-0.2, 0) is 0 Å². The van der Waals surface area contributed by atoms with Gasteiger partial charge in [-0.15, -0.1) is 0 Å². The Morgan fingerprint density at radius 2 is 1.57 bits per heavy atom. The highest BCUT2D eigenvalue weighted by Gasteiger charge is 2.10. The third kappa shape index (κ3) is 7.68. The number of rotatable bonds is 10. The predicted octanol–water partition coefficient (Wildman–Crippen LogP) is 6.35. The van der Waals surface area contributed by atoms with Gasteiger partial charge in [0.1, 0.15) is 22.6 Å². The molecule has 0 spiro atoms. The summed E-state index contributed by atoms with van der Waals surface area (Å²) >= 11 is 23.5. The van der Waals surface area contributed by atoms with Crippen LogP contribution < -0.4 is 14.2 Å². The molecule has 2 rings (SSSR count). The highest BCUT2D eigenvalue weighted by Crippen LogP contribution is 2.37. The molecular weight excluding hydrogens is 448 g/mol. The fourth-order valence-electron chi connectivity index (χ4n) is 2.10. The van der Waals surface area contributed by atoms with Crippen LogP contribution in [0.1, 0.15) is 12.0 Å². The highest BCUT2D eigenvalue weighted by atomic mass is 35.5. The first-order valence-electron chi connectivity index (χ1n) is 8.15. The smallest absolute Gasteiger partial charge is 0.156 e. The van der Waals surface area contributed by atoms with E-state index < -0.39 is 0 Å². The van der Waals surface area contributed by atoms with Crippen LogP contribution in [0.2, 0.25) is 10.0 Å². The molecule has 0 saturated heterocycles. The zero-order chi connectivity index (χ0) is 20.4. The zero-order valence-corrected chi connectivity index (χ0v) is 17.6. The van der Waals surface area contributed by atoms with Gasteiger partial charge in [0.05, 0.1) is 29.5 Å². The lowest BCUT2D eigenvalue weighted by atomic mass is 10.2. The number of benzene rings is 2. The molecule has 2 aromatic rings. The van der Waals surface area contributed by atoms with Crippen LogP contribution in [0, 0.1) is 0 Å². The molecule has 0 unspecified atom stereocenters. The summed E-state index contributed by atoms with van der Waals surface area (Å²) in [5.74, 6) is 1.57. The molecule has 0 radical (unpaired) electrons. The monoisotopic (exact) mass is 463 g/mol. The summed E-state index contributed by atoms with van der Waals surface area (Å²) < 4.78 is 16.8. The number of ether oxygens (including phenoxy) is 3. The standard InChI is InChI=1S/C19H17Cl4NO4/c20-16-10-15(27-9-6-18(22)23)11-17(21)19(16)28-8-1-7-26-14-4-2-13(3-5-14)12-24-25/h2-6,10-12,25H,1,7-9H2/b24-12+. The Bertz CT molecular complexity index is 798. The van der Waals surface area contributed by atoms with Crippen LogP contribution in [-0.4, -0.2) is 31.2 Å². The Hall–Kier alpha value is -1.79. The maximum Gasteiger partial charge on any atom is 0.156 e. The second-order valence-corrected chi connectivity index (χ2v) is 7.21. The molecule has 0 bridgehead atoms. The van der Waals surface area contributed by atoms with Gasteiger partial charge >= 0.3 is 0 Å². The Balaban J connectivity index is 1.78. The molecule has 0 atom stereocenters. The lowest BCUT2D eigenvalue weighted by Gasteiger charge is -2.12. The number of nitrogens with zero attached hydrogens (tertiary/aromatic N) is 1. The summed E-state index contributed by atoms with van der Waals surface area (Å²) in [5.41, 5.74) is 0.775. The van der Waals surface area contributed by atoms with Crippen LogP contribution in [0.15, 0.2) is 52.1 Å². The number of hydrogen-bond donors (Lipinski definition) is 1. The van der Waals surface area contributed by atoms with Crippen molar-refractivity contribution in [2.45, 2.75) is 6.42 Å². The molecule has 0 heterocycles. The van der Waals surface area contributed by atoms with E-state index in [1.807, 2.05) is 0 Å². The van der Waals surface area contributed by atoms with E-state index in [-0.39, 0.29) is 11.1 Å². The first-order valence-corrected chi connectivity index (χ1v) is 9.67. The summed E-state index contributed by atoms with van der Waals surface area (Å²) in [5, 5.41) is 12.1. The van der Waals surface area contributed by atoms with Crippen molar-refractivity contribution in [1.82, 2.24) is 0 Å². The minimum Gasteiger partial charge on any atom is -0.493 e. The number of hydrogen-bond acceptors (Lipinski definition) is 5. The molecule has 0 aliphatic carbocycles. The van der Waals surface area contributed by atoms with Gasteiger partial charge in [-0.25, -0.2) is 0 Å². The third-order valence-corrected chi connectivity index (χ3v) is 4.22. The summed E-state index contributed by atoms with van der Waals surface area (Å²) in [6, 6.07) is 10.4. The summed E-state index contributed by atoms with van der Waals surface area (Å²) in [7, 11) is 0. The highest BCUT2D eigenvalue weighted by molar-refractivity contribution is 6.55. The molecule has 150 valence electrons. The maximum atomic E-state index is 8.48. The van der Waals surface area contributed by atoms with E-state index in [0.29, 0.717) is 46.9 Å². The first-order chi connectivity index (χ1) is 13.5. The van der Waals surface area contributed by atoms with Gasteiger partial charge in [0.25, 0.3) is 0 Å².